The number of anilines is 1. The smallest absolute Gasteiger partial charge is 0.254 e. The number of nitrogens with one attached hydrogen (secondary N) is 1. The van der Waals surface area contributed by atoms with Gasteiger partial charge < -0.3 is 10.2 Å². The summed E-state index contributed by atoms with van der Waals surface area (Å²) in [6, 6.07) is 13.2. The molecule has 1 atom stereocenters. The number of hydrogen-bond donors (Lipinski definition) is 1. The Bertz CT molecular complexity index is 762. The van der Waals surface area contributed by atoms with Gasteiger partial charge in [-0.2, -0.15) is 0 Å². The Balaban J connectivity index is 1.73. The Morgan fingerprint density at radius 1 is 1.04 bits per heavy atom. The molecule has 0 bridgehead atoms. The summed E-state index contributed by atoms with van der Waals surface area (Å²) in [7, 11) is 0. The van der Waals surface area contributed by atoms with E-state index >= 15 is 0 Å². The molecule has 0 aliphatic carbocycles. The summed E-state index contributed by atoms with van der Waals surface area (Å²) in [5.74, 6) is -0.364. The van der Waals surface area contributed by atoms with Crippen LogP contribution in [0.3, 0.4) is 0 Å². The van der Waals surface area contributed by atoms with Crippen LogP contribution in [0.4, 0.5) is 5.69 Å². The highest BCUT2D eigenvalue weighted by molar-refractivity contribution is 6.31. The maximum Gasteiger partial charge on any atom is 0.254 e. The summed E-state index contributed by atoms with van der Waals surface area (Å²) in [5.41, 5.74) is 1.15. The zero-order valence-corrected chi connectivity index (χ0v) is 14.3. The van der Waals surface area contributed by atoms with Crippen molar-refractivity contribution in [2.24, 2.45) is 0 Å². The third kappa shape index (κ3) is 3.71. The summed E-state index contributed by atoms with van der Waals surface area (Å²) < 4.78 is 0. The quantitative estimate of drug-likeness (QED) is 0.887. The maximum absolute atomic E-state index is 12.7. The molecular formula is C18H16Cl2N2O2. The van der Waals surface area contributed by atoms with Crippen molar-refractivity contribution in [2.45, 2.75) is 18.9 Å². The molecule has 2 amide bonds. The summed E-state index contributed by atoms with van der Waals surface area (Å²) in [6.07, 6.45) is 1.44. The molecule has 0 saturated carbocycles. The molecule has 124 valence electrons. The molecule has 1 aliphatic heterocycles. The Kier molecular flexibility index (Phi) is 5.07. The molecule has 4 nitrogen and oxygen atoms in total. The van der Waals surface area contributed by atoms with Gasteiger partial charge in [0.2, 0.25) is 5.91 Å². The van der Waals surface area contributed by atoms with E-state index in [4.69, 9.17) is 23.2 Å². The fourth-order valence-electron chi connectivity index (χ4n) is 2.83. The second kappa shape index (κ2) is 7.24. The van der Waals surface area contributed by atoms with E-state index in [1.54, 1.807) is 53.4 Å². The zero-order chi connectivity index (χ0) is 17.1. The van der Waals surface area contributed by atoms with E-state index in [-0.39, 0.29) is 11.8 Å². The maximum atomic E-state index is 12.7. The van der Waals surface area contributed by atoms with Crippen molar-refractivity contribution in [1.29, 1.82) is 0 Å². The lowest BCUT2D eigenvalue weighted by Gasteiger charge is -2.24. The number of amides is 2. The van der Waals surface area contributed by atoms with Crippen LogP contribution in [0.25, 0.3) is 0 Å². The van der Waals surface area contributed by atoms with Gasteiger partial charge in [0.15, 0.2) is 0 Å². The minimum atomic E-state index is -0.479. The molecule has 0 radical (unpaired) electrons. The largest absolute Gasteiger partial charge is 0.327 e. The van der Waals surface area contributed by atoms with Crippen LogP contribution in [-0.2, 0) is 4.79 Å². The van der Waals surface area contributed by atoms with E-state index in [9.17, 15) is 9.59 Å². The van der Waals surface area contributed by atoms with Crippen molar-refractivity contribution in [1.82, 2.24) is 4.90 Å². The highest BCUT2D eigenvalue weighted by atomic mass is 35.5. The first-order chi connectivity index (χ1) is 11.5. The van der Waals surface area contributed by atoms with Crippen LogP contribution in [0.15, 0.2) is 48.5 Å². The molecule has 0 aromatic heterocycles. The zero-order valence-electron chi connectivity index (χ0n) is 12.8. The van der Waals surface area contributed by atoms with Crippen molar-refractivity contribution in [3.8, 4) is 0 Å². The number of likely N-dealkylation sites (tertiary alicyclic amines) is 1. The first-order valence-electron chi connectivity index (χ1n) is 7.67. The summed E-state index contributed by atoms with van der Waals surface area (Å²) in [4.78, 5) is 26.8. The van der Waals surface area contributed by atoms with Crippen molar-refractivity contribution < 1.29 is 9.59 Å². The number of nitrogens with zero attached hydrogens (tertiary/aromatic N) is 1. The van der Waals surface area contributed by atoms with Gasteiger partial charge in [0.25, 0.3) is 5.91 Å². The monoisotopic (exact) mass is 362 g/mol. The first kappa shape index (κ1) is 16.8. The number of halogens is 2. The van der Waals surface area contributed by atoms with Gasteiger partial charge in [-0.15, -0.1) is 0 Å². The topological polar surface area (TPSA) is 49.4 Å². The van der Waals surface area contributed by atoms with Crippen LogP contribution >= 0.6 is 23.2 Å². The predicted molar refractivity (Wildman–Crippen MR) is 95.6 cm³/mol. The van der Waals surface area contributed by atoms with Gasteiger partial charge in [0.1, 0.15) is 6.04 Å². The Morgan fingerprint density at radius 3 is 2.50 bits per heavy atom. The SMILES string of the molecule is O=C(Nc1ccc(Cl)cc1)[C@H]1CCCN1C(=O)c1cccc(Cl)c1. The molecule has 2 aromatic rings. The fourth-order valence-corrected chi connectivity index (χ4v) is 3.14. The van der Waals surface area contributed by atoms with E-state index < -0.39 is 6.04 Å². The molecule has 6 heteroatoms. The van der Waals surface area contributed by atoms with Crippen LogP contribution < -0.4 is 5.32 Å². The number of hydrogen-bond acceptors (Lipinski definition) is 2. The Morgan fingerprint density at radius 2 is 1.79 bits per heavy atom. The molecule has 24 heavy (non-hydrogen) atoms. The lowest BCUT2D eigenvalue weighted by atomic mass is 10.1. The van der Waals surface area contributed by atoms with E-state index in [2.05, 4.69) is 5.32 Å². The van der Waals surface area contributed by atoms with Gasteiger partial charge in [-0.25, -0.2) is 0 Å². The van der Waals surface area contributed by atoms with E-state index in [0.29, 0.717) is 34.3 Å². The lowest BCUT2D eigenvalue weighted by Crippen LogP contribution is -2.43. The Hall–Kier alpha value is -2.04. The summed E-state index contributed by atoms with van der Waals surface area (Å²) >= 11 is 11.8. The second-order valence-corrected chi connectivity index (χ2v) is 6.54. The number of carbonyl (C=O) groups is 2. The predicted octanol–water partition coefficient (Wildman–Crippen LogP) is 4.24. The number of carbonyl (C=O) groups excluding carboxylic acids is 2. The molecule has 1 heterocycles. The molecular weight excluding hydrogens is 347 g/mol. The van der Waals surface area contributed by atoms with Crippen LogP contribution in [0.5, 0.6) is 0 Å². The number of rotatable bonds is 3. The minimum absolute atomic E-state index is 0.175. The Labute approximate surface area is 150 Å². The van der Waals surface area contributed by atoms with Gasteiger partial charge >= 0.3 is 0 Å². The molecule has 1 saturated heterocycles. The molecule has 1 N–H and O–H groups in total. The highest BCUT2D eigenvalue weighted by Gasteiger charge is 2.34. The van der Waals surface area contributed by atoms with Gasteiger partial charge in [0.05, 0.1) is 0 Å². The molecule has 2 aromatic carbocycles. The average Bonchev–Trinajstić information content (AvgIpc) is 3.06. The van der Waals surface area contributed by atoms with E-state index in [0.717, 1.165) is 6.42 Å². The van der Waals surface area contributed by atoms with Gasteiger partial charge in [-0.3, -0.25) is 9.59 Å². The van der Waals surface area contributed by atoms with Gasteiger partial charge in [0, 0.05) is 27.8 Å². The van der Waals surface area contributed by atoms with Crippen molar-refractivity contribution in [3.05, 3.63) is 64.1 Å². The van der Waals surface area contributed by atoms with Gasteiger partial charge in [-0.05, 0) is 55.3 Å². The van der Waals surface area contributed by atoms with Crippen molar-refractivity contribution >= 4 is 40.7 Å². The van der Waals surface area contributed by atoms with Crippen LogP contribution in [0.1, 0.15) is 23.2 Å². The van der Waals surface area contributed by atoms with Gasteiger partial charge in [-0.1, -0.05) is 29.3 Å². The summed E-state index contributed by atoms with van der Waals surface area (Å²) in [5, 5.41) is 3.95. The molecule has 3 rings (SSSR count). The summed E-state index contributed by atoms with van der Waals surface area (Å²) in [6.45, 7) is 0.560. The first-order valence-corrected chi connectivity index (χ1v) is 8.43. The molecule has 1 aliphatic rings. The van der Waals surface area contributed by atoms with E-state index in [1.165, 1.54) is 0 Å². The fraction of sp³-hybridized carbons (Fsp3) is 0.222. The minimum Gasteiger partial charge on any atom is -0.327 e. The highest BCUT2D eigenvalue weighted by Crippen LogP contribution is 2.23. The van der Waals surface area contributed by atoms with Crippen molar-refractivity contribution in [2.75, 3.05) is 11.9 Å². The third-order valence-corrected chi connectivity index (χ3v) is 4.49. The molecule has 0 unspecified atom stereocenters. The molecule has 1 fully saturated rings. The average molecular weight is 363 g/mol. The van der Waals surface area contributed by atoms with Crippen molar-refractivity contribution in [3.63, 3.8) is 0 Å². The van der Waals surface area contributed by atoms with Crippen LogP contribution in [0, 0.1) is 0 Å². The van der Waals surface area contributed by atoms with E-state index in [1.807, 2.05) is 0 Å². The lowest BCUT2D eigenvalue weighted by molar-refractivity contribution is -0.119. The second-order valence-electron chi connectivity index (χ2n) is 5.66. The normalized spacial score (nSPS) is 16.9. The number of benzene rings is 2. The van der Waals surface area contributed by atoms with Crippen LogP contribution in [-0.4, -0.2) is 29.3 Å². The van der Waals surface area contributed by atoms with Crippen LogP contribution in [0.2, 0.25) is 10.0 Å². The standard InChI is InChI=1S/C18H16Cl2N2O2/c19-13-6-8-15(9-7-13)21-17(23)16-5-2-10-22(16)18(24)12-3-1-4-14(20)11-12/h1,3-4,6-9,11,16H,2,5,10H2,(H,21,23)/t16-/m1/s1. The third-order valence-electron chi connectivity index (χ3n) is 4.00. The molecule has 0 spiro atoms.